The maximum atomic E-state index is 13.2. The van der Waals surface area contributed by atoms with Crippen LogP contribution in [-0.4, -0.2) is 37.8 Å². The van der Waals surface area contributed by atoms with Crippen LogP contribution in [-0.2, 0) is 7.05 Å². The normalized spacial score (nSPS) is 16.4. The molecular formula is C24H25N5O2S. The van der Waals surface area contributed by atoms with Crippen LogP contribution in [0.4, 0.5) is 11.6 Å². The average Bonchev–Trinajstić information content (AvgIpc) is 3.42. The monoisotopic (exact) mass is 447 g/mol. The lowest BCUT2D eigenvalue weighted by Crippen LogP contribution is -2.42. The van der Waals surface area contributed by atoms with Crippen LogP contribution in [0.3, 0.4) is 0 Å². The molecule has 1 aliphatic heterocycles. The molecule has 1 atom stereocenters. The molecule has 4 aromatic rings. The molecule has 1 amide bonds. The summed E-state index contributed by atoms with van der Waals surface area (Å²) < 4.78 is 3.60. The van der Waals surface area contributed by atoms with Gasteiger partial charge in [-0.05, 0) is 44.0 Å². The van der Waals surface area contributed by atoms with Gasteiger partial charge >= 0.3 is 0 Å². The van der Waals surface area contributed by atoms with E-state index in [0.29, 0.717) is 13.1 Å². The van der Waals surface area contributed by atoms with Crippen molar-refractivity contribution >= 4 is 33.7 Å². The Morgan fingerprint density at radius 2 is 2.00 bits per heavy atom. The van der Waals surface area contributed by atoms with Gasteiger partial charge in [0.05, 0.1) is 5.69 Å². The van der Waals surface area contributed by atoms with Crippen LogP contribution in [0.1, 0.15) is 40.5 Å². The molecule has 1 aromatic carbocycles. The number of hydrogen-bond donors (Lipinski definition) is 1. The van der Waals surface area contributed by atoms with Crippen molar-refractivity contribution in [3.8, 4) is 0 Å². The third-order valence-electron chi connectivity index (χ3n) is 6.19. The molecule has 1 N–H and O–H groups in total. The quantitative estimate of drug-likeness (QED) is 0.510. The van der Waals surface area contributed by atoms with Gasteiger partial charge in [-0.15, -0.1) is 11.3 Å². The van der Waals surface area contributed by atoms with Crippen LogP contribution in [0.25, 0.3) is 4.83 Å². The smallest absolute Gasteiger partial charge is 0.263 e. The average molecular weight is 448 g/mol. The third-order valence-corrected chi connectivity index (χ3v) is 7.08. The van der Waals surface area contributed by atoms with Crippen LogP contribution >= 0.6 is 11.3 Å². The third kappa shape index (κ3) is 3.60. The number of rotatable bonds is 4. The number of nitrogens with zero attached hydrogens (tertiary/aromatic N) is 4. The maximum Gasteiger partial charge on any atom is 0.263 e. The van der Waals surface area contributed by atoms with Gasteiger partial charge in [-0.3, -0.25) is 14.0 Å². The Bertz CT molecular complexity index is 1340. The van der Waals surface area contributed by atoms with E-state index in [1.165, 1.54) is 4.57 Å². The number of thiazole rings is 1. The topological polar surface area (TPSA) is 71.6 Å². The van der Waals surface area contributed by atoms with Crippen LogP contribution < -0.4 is 10.9 Å². The zero-order chi connectivity index (χ0) is 22.2. The number of carbonyl (C=O) groups is 1. The highest BCUT2D eigenvalue weighted by Gasteiger charge is 2.30. The van der Waals surface area contributed by atoms with Crippen LogP contribution in [0, 0.1) is 6.92 Å². The molecule has 1 saturated heterocycles. The Morgan fingerprint density at radius 3 is 2.81 bits per heavy atom. The van der Waals surface area contributed by atoms with E-state index >= 15 is 0 Å². The number of aromatic nitrogens is 3. The highest BCUT2D eigenvalue weighted by atomic mass is 32.1. The number of nitrogens with one attached hydrogen (secondary N) is 1. The Hall–Kier alpha value is -3.39. The number of aryl methyl sites for hydroxylation is 1. The Kier molecular flexibility index (Phi) is 5.30. The minimum atomic E-state index is -0.242. The highest BCUT2D eigenvalue weighted by Crippen LogP contribution is 2.34. The number of benzene rings is 1. The molecule has 0 spiro atoms. The minimum Gasteiger partial charge on any atom is -0.338 e. The molecule has 1 aliphatic rings. The summed E-state index contributed by atoms with van der Waals surface area (Å²) in [5.41, 5.74) is 2.81. The van der Waals surface area contributed by atoms with Crippen LogP contribution in [0.5, 0.6) is 0 Å². The Labute approximate surface area is 189 Å². The van der Waals surface area contributed by atoms with Crippen LogP contribution in [0.15, 0.2) is 58.8 Å². The number of anilines is 2. The summed E-state index contributed by atoms with van der Waals surface area (Å²) in [6.45, 7) is 3.08. The van der Waals surface area contributed by atoms with Crippen molar-refractivity contribution in [2.24, 2.45) is 7.05 Å². The van der Waals surface area contributed by atoms with Crippen molar-refractivity contribution in [2.45, 2.75) is 25.7 Å². The Morgan fingerprint density at radius 1 is 1.19 bits per heavy atom. The molecule has 5 rings (SSSR count). The molecule has 0 saturated carbocycles. The summed E-state index contributed by atoms with van der Waals surface area (Å²) in [5.74, 6) is 0.708. The lowest BCUT2D eigenvalue weighted by Gasteiger charge is -2.32. The van der Waals surface area contributed by atoms with E-state index in [4.69, 9.17) is 4.98 Å². The predicted octanol–water partition coefficient (Wildman–Crippen LogP) is 4.17. The summed E-state index contributed by atoms with van der Waals surface area (Å²) in [5, 5.41) is 5.46. The fourth-order valence-electron chi connectivity index (χ4n) is 4.30. The molecule has 7 nitrogen and oxygen atoms in total. The molecule has 164 valence electrons. The molecule has 32 heavy (non-hydrogen) atoms. The van der Waals surface area contributed by atoms with Gasteiger partial charge in [-0.1, -0.05) is 18.2 Å². The number of para-hydroxylation sites is 1. The number of imidazole rings is 1. The van der Waals surface area contributed by atoms with E-state index in [1.54, 1.807) is 24.5 Å². The summed E-state index contributed by atoms with van der Waals surface area (Å²) in [7, 11) is 1.70. The Balaban J connectivity index is 1.43. The maximum absolute atomic E-state index is 13.2. The lowest BCUT2D eigenvalue weighted by molar-refractivity contribution is 0.0704. The summed E-state index contributed by atoms with van der Waals surface area (Å²) in [6.07, 6.45) is 3.86. The van der Waals surface area contributed by atoms with Gasteiger partial charge in [-0.25, -0.2) is 4.98 Å². The molecule has 0 bridgehead atoms. The first kappa shape index (κ1) is 20.5. The van der Waals surface area contributed by atoms with Gasteiger partial charge in [0.15, 0.2) is 0 Å². The second-order valence-electron chi connectivity index (χ2n) is 8.23. The van der Waals surface area contributed by atoms with Gasteiger partial charge in [-0.2, -0.15) is 0 Å². The summed E-state index contributed by atoms with van der Waals surface area (Å²) in [6, 6.07) is 13.5. The first-order valence-electron chi connectivity index (χ1n) is 10.8. The fourth-order valence-corrected chi connectivity index (χ4v) is 5.20. The number of carbonyl (C=O) groups excluding carboxylic acids is 1. The van der Waals surface area contributed by atoms with Gasteiger partial charge < -0.3 is 14.8 Å². The largest absolute Gasteiger partial charge is 0.338 e. The van der Waals surface area contributed by atoms with Crippen molar-refractivity contribution in [1.82, 2.24) is 18.9 Å². The van der Waals surface area contributed by atoms with E-state index in [1.807, 2.05) is 54.4 Å². The van der Waals surface area contributed by atoms with E-state index in [9.17, 15) is 9.59 Å². The fraction of sp³-hybridized carbons (Fsp3) is 0.292. The van der Waals surface area contributed by atoms with Crippen molar-refractivity contribution in [3.63, 3.8) is 0 Å². The highest BCUT2D eigenvalue weighted by molar-refractivity contribution is 7.15. The predicted molar refractivity (Wildman–Crippen MR) is 127 cm³/mol. The zero-order valence-corrected chi connectivity index (χ0v) is 18.9. The van der Waals surface area contributed by atoms with E-state index in [-0.39, 0.29) is 22.9 Å². The SMILES string of the molecule is Cc1ccc(C(=O)N2CCCC(c3nc(Nc4ccccc4)n4ccsc34)C2)c(=O)n1C. The first-order chi connectivity index (χ1) is 15.5. The first-order valence-corrected chi connectivity index (χ1v) is 11.6. The molecule has 1 fully saturated rings. The van der Waals surface area contributed by atoms with Crippen molar-refractivity contribution in [2.75, 3.05) is 18.4 Å². The molecule has 4 heterocycles. The molecular weight excluding hydrogens is 422 g/mol. The molecule has 3 aromatic heterocycles. The minimum absolute atomic E-state index is 0.127. The number of pyridine rings is 1. The second-order valence-corrected chi connectivity index (χ2v) is 9.13. The van der Waals surface area contributed by atoms with Gasteiger partial charge in [0.2, 0.25) is 5.95 Å². The molecule has 0 aliphatic carbocycles. The van der Waals surface area contributed by atoms with Crippen molar-refractivity contribution < 1.29 is 4.79 Å². The lowest BCUT2D eigenvalue weighted by atomic mass is 9.94. The summed E-state index contributed by atoms with van der Waals surface area (Å²) in [4.78, 5) is 33.7. The van der Waals surface area contributed by atoms with Crippen molar-refractivity contribution in [1.29, 1.82) is 0 Å². The number of amides is 1. The second kappa shape index (κ2) is 8.27. The number of fused-ring (bicyclic) bond motifs is 1. The standard InChI is InChI=1S/C24H25N5O2S/c1-16-10-11-19(21(30)27(16)2)22(31)28-12-6-7-17(15-28)20-23-29(13-14-32-23)24(26-20)25-18-8-4-3-5-9-18/h3-5,8-11,13-14,17H,6-7,12,15H2,1-2H3,(H,25,26). The van der Waals surface area contributed by atoms with Gasteiger partial charge in [0, 0.05) is 49.0 Å². The molecule has 0 radical (unpaired) electrons. The van der Waals surface area contributed by atoms with E-state index in [0.717, 1.165) is 40.7 Å². The molecule has 8 heteroatoms. The van der Waals surface area contributed by atoms with Gasteiger partial charge in [0.1, 0.15) is 10.4 Å². The van der Waals surface area contributed by atoms with E-state index in [2.05, 4.69) is 15.1 Å². The zero-order valence-electron chi connectivity index (χ0n) is 18.1. The van der Waals surface area contributed by atoms with Crippen LogP contribution in [0.2, 0.25) is 0 Å². The van der Waals surface area contributed by atoms with E-state index < -0.39 is 0 Å². The van der Waals surface area contributed by atoms with Gasteiger partial charge in [0.25, 0.3) is 11.5 Å². The number of hydrogen-bond acceptors (Lipinski definition) is 5. The summed E-state index contributed by atoms with van der Waals surface area (Å²) >= 11 is 1.65. The van der Waals surface area contributed by atoms with Crippen molar-refractivity contribution in [3.05, 3.63) is 81.3 Å². The molecule has 1 unspecified atom stereocenters. The number of likely N-dealkylation sites (tertiary alicyclic amines) is 1. The number of piperidine rings is 1.